The van der Waals surface area contributed by atoms with Crippen molar-refractivity contribution in [1.29, 1.82) is 0 Å². The van der Waals surface area contributed by atoms with Gasteiger partial charge in [0.25, 0.3) is 0 Å². The summed E-state index contributed by atoms with van der Waals surface area (Å²) < 4.78 is 17.0. The summed E-state index contributed by atoms with van der Waals surface area (Å²) in [6, 6.07) is 13.8. The third kappa shape index (κ3) is 4.45. The topological polar surface area (TPSA) is 104 Å². The number of methoxy groups -OCH3 is 1. The molecule has 0 fully saturated rings. The van der Waals surface area contributed by atoms with E-state index in [-0.39, 0.29) is 13.0 Å². The average molecular weight is 368 g/mol. The van der Waals surface area contributed by atoms with E-state index in [1.165, 1.54) is 7.11 Å². The first kappa shape index (κ1) is 18.5. The standard InChI is InChI=1S/C20H20N2O5/c1-25-18-11-14-16(12-19(18)26-10-8-15(21)20(23)24)22-9-7-17(14)27-13-5-3-2-4-6-13/h2-7,9,11-12,15H,8,10,21H2,1H3,(H,23,24)/t15-/m0/s1. The number of fused-ring (bicyclic) bond motifs is 1. The normalized spacial score (nSPS) is 11.8. The minimum absolute atomic E-state index is 0.148. The Morgan fingerprint density at radius 2 is 1.93 bits per heavy atom. The lowest BCUT2D eigenvalue weighted by molar-refractivity contribution is -0.138. The number of aliphatic carboxylic acids is 1. The van der Waals surface area contributed by atoms with Gasteiger partial charge in [-0.1, -0.05) is 18.2 Å². The van der Waals surface area contributed by atoms with Gasteiger partial charge < -0.3 is 25.1 Å². The number of pyridine rings is 1. The SMILES string of the molecule is COc1cc2c(Oc3ccccc3)ccnc2cc1OCC[C@H](N)C(=O)O. The maximum Gasteiger partial charge on any atom is 0.320 e. The molecule has 0 bridgehead atoms. The van der Waals surface area contributed by atoms with Gasteiger partial charge in [-0.3, -0.25) is 9.78 Å². The van der Waals surface area contributed by atoms with Crippen LogP contribution in [0.4, 0.5) is 0 Å². The first-order valence-corrected chi connectivity index (χ1v) is 8.39. The molecule has 7 heteroatoms. The molecular formula is C20H20N2O5. The number of carbonyl (C=O) groups is 1. The molecule has 27 heavy (non-hydrogen) atoms. The molecule has 1 aromatic heterocycles. The Balaban J connectivity index is 1.86. The van der Waals surface area contributed by atoms with Gasteiger partial charge in [-0.2, -0.15) is 0 Å². The average Bonchev–Trinajstić information content (AvgIpc) is 2.68. The van der Waals surface area contributed by atoms with Gasteiger partial charge in [-0.25, -0.2) is 0 Å². The van der Waals surface area contributed by atoms with Gasteiger partial charge in [0, 0.05) is 24.1 Å². The summed E-state index contributed by atoms with van der Waals surface area (Å²) in [6.45, 7) is 0.148. The van der Waals surface area contributed by atoms with Crippen LogP contribution in [0.15, 0.2) is 54.7 Å². The number of aromatic nitrogens is 1. The van der Waals surface area contributed by atoms with Crippen molar-refractivity contribution >= 4 is 16.9 Å². The molecule has 0 aliphatic rings. The lowest BCUT2D eigenvalue weighted by Crippen LogP contribution is -2.31. The lowest BCUT2D eigenvalue weighted by Gasteiger charge is -2.14. The van der Waals surface area contributed by atoms with Crippen molar-refractivity contribution in [1.82, 2.24) is 4.98 Å². The van der Waals surface area contributed by atoms with Gasteiger partial charge in [0.1, 0.15) is 17.5 Å². The molecule has 7 nitrogen and oxygen atoms in total. The molecule has 0 saturated carbocycles. The molecule has 3 aromatic rings. The van der Waals surface area contributed by atoms with Crippen LogP contribution in [0.2, 0.25) is 0 Å². The summed E-state index contributed by atoms with van der Waals surface area (Å²) in [5.41, 5.74) is 6.16. The molecular weight excluding hydrogens is 348 g/mol. The lowest BCUT2D eigenvalue weighted by atomic mass is 10.1. The number of rotatable bonds is 8. The molecule has 0 amide bonds. The Labute approximate surface area is 156 Å². The molecule has 3 N–H and O–H groups in total. The molecule has 1 atom stereocenters. The zero-order chi connectivity index (χ0) is 19.2. The second-order valence-electron chi connectivity index (χ2n) is 5.83. The van der Waals surface area contributed by atoms with Crippen LogP contribution in [-0.2, 0) is 4.79 Å². The van der Waals surface area contributed by atoms with Crippen molar-refractivity contribution in [2.45, 2.75) is 12.5 Å². The number of para-hydroxylation sites is 1. The van der Waals surface area contributed by atoms with Crippen molar-refractivity contribution in [2.24, 2.45) is 5.73 Å². The monoisotopic (exact) mass is 368 g/mol. The molecule has 0 aliphatic heterocycles. The molecule has 140 valence electrons. The highest BCUT2D eigenvalue weighted by Crippen LogP contribution is 2.37. The van der Waals surface area contributed by atoms with Gasteiger partial charge in [-0.05, 0) is 24.3 Å². The zero-order valence-corrected chi connectivity index (χ0v) is 14.8. The minimum atomic E-state index is -1.06. The van der Waals surface area contributed by atoms with Gasteiger partial charge in [0.2, 0.25) is 0 Å². The Hall–Kier alpha value is -3.32. The van der Waals surface area contributed by atoms with E-state index in [9.17, 15) is 4.79 Å². The third-order valence-electron chi connectivity index (χ3n) is 3.96. The molecule has 0 radical (unpaired) electrons. The number of carboxylic acid groups (broad SMARTS) is 1. The Kier molecular flexibility index (Phi) is 5.73. The van der Waals surface area contributed by atoms with Crippen LogP contribution < -0.4 is 19.9 Å². The molecule has 0 aliphatic carbocycles. The Bertz CT molecular complexity index is 930. The van der Waals surface area contributed by atoms with Gasteiger partial charge in [-0.15, -0.1) is 0 Å². The van der Waals surface area contributed by atoms with Gasteiger partial charge in [0.05, 0.1) is 19.2 Å². The summed E-state index contributed by atoms with van der Waals surface area (Å²) >= 11 is 0. The van der Waals surface area contributed by atoms with Crippen molar-refractivity contribution in [3.05, 3.63) is 54.7 Å². The third-order valence-corrected chi connectivity index (χ3v) is 3.96. The number of hydrogen-bond acceptors (Lipinski definition) is 6. The quantitative estimate of drug-likeness (QED) is 0.629. The van der Waals surface area contributed by atoms with E-state index in [0.29, 0.717) is 28.5 Å². The highest BCUT2D eigenvalue weighted by molar-refractivity contribution is 5.88. The molecule has 2 aromatic carbocycles. The second kappa shape index (κ2) is 8.37. The van der Waals surface area contributed by atoms with E-state index < -0.39 is 12.0 Å². The number of carboxylic acids is 1. The molecule has 0 saturated heterocycles. The van der Waals surface area contributed by atoms with Crippen LogP contribution in [0.5, 0.6) is 23.0 Å². The summed E-state index contributed by atoms with van der Waals surface area (Å²) in [6.07, 6.45) is 1.83. The summed E-state index contributed by atoms with van der Waals surface area (Å²) in [4.78, 5) is 15.2. The van der Waals surface area contributed by atoms with Crippen LogP contribution in [0.1, 0.15) is 6.42 Å². The number of nitrogens with zero attached hydrogens (tertiary/aromatic N) is 1. The van der Waals surface area contributed by atoms with Crippen molar-refractivity contribution in [3.63, 3.8) is 0 Å². The maximum absolute atomic E-state index is 10.8. The largest absolute Gasteiger partial charge is 0.493 e. The number of benzene rings is 2. The van der Waals surface area contributed by atoms with Crippen molar-refractivity contribution in [2.75, 3.05) is 13.7 Å². The number of ether oxygens (including phenoxy) is 3. The molecule has 0 spiro atoms. The van der Waals surface area contributed by atoms with Crippen LogP contribution in [0.25, 0.3) is 10.9 Å². The van der Waals surface area contributed by atoms with Crippen molar-refractivity contribution in [3.8, 4) is 23.0 Å². The van der Waals surface area contributed by atoms with Gasteiger partial charge >= 0.3 is 5.97 Å². The van der Waals surface area contributed by atoms with E-state index in [1.54, 1.807) is 24.4 Å². The smallest absolute Gasteiger partial charge is 0.320 e. The maximum atomic E-state index is 10.8. The van der Waals surface area contributed by atoms with Crippen LogP contribution in [0, 0.1) is 0 Å². The first-order chi connectivity index (χ1) is 13.1. The molecule has 0 unspecified atom stereocenters. The predicted octanol–water partition coefficient (Wildman–Crippen LogP) is 3.22. The fraction of sp³-hybridized carbons (Fsp3) is 0.200. The van der Waals surface area contributed by atoms with Crippen molar-refractivity contribution < 1.29 is 24.1 Å². The minimum Gasteiger partial charge on any atom is -0.493 e. The summed E-state index contributed by atoms with van der Waals surface area (Å²) in [5, 5.41) is 9.61. The summed E-state index contributed by atoms with van der Waals surface area (Å²) in [7, 11) is 1.53. The van der Waals surface area contributed by atoms with E-state index in [1.807, 2.05) is 30.3 Å². The van der Waals surface area contributed by atoms with E-state index in [2.05, 4.69) is 4.98 Å². The van der Waals surface area contributed by atoms with E-state index >= 15 is 0 Å². The molecule has 3 rings (SSSR count). The summed E-state index contributed by atoms with van der Waals surface area (Å²) in [5.74, 6) is 1.26. The second-order valence-corrected chi connectivity index (χ2v) is 5.83. The van der Waals surface area contributed by atoms with Crippen LogP contribution >= 0.6 is 0 Å². The zero-order valence-electron chi connectivity index (χ0n) is 14.8. The van der Waals surface area contributed by atoms with E-state index in [0.717, 1.165) is 5.39 Å². The Morgan fingerprint density at radius 3 is 2.63 bits per heavy atom. The first-order valence-electron chi connectivity index (χ1n) is 8.39. The highest BCUT2D eigenvalue weighted by atomic mass is 16.5. The molecule has 1 heterocycles. The van der Waals surface area contributed by atoms with Gasteiger partial charge in [0.15, 0.2) is 11.5 Å². The van der Waals surface area contributed by atoms with Crippen LogP contribution in [0.3, 0.4) is 0 Å². The Morgan fingerprint density at radius 1 is 1.15 bits per heavy atom. The predicted molar refractivity (Wildman–Crippen MR) is 101 cm³/mol. The fourth-order valence-corrected chi connectivity index (χ4v) is 2.52. The van der Waals surface area contributed by atoms with Crippen LogP contribution in [-0.4, -0.2) is 35.8 Å². The fourth-order valence-electron chi connectivity index (χ4n) is 2.52. The number of nitrogens with two attached hydrogens (primary N) is 1. The van der Waals surface area contributed by atoms with E-state index in [4.69, 9.17) is 25.1 Å². The highest BCUT2D eigenvalue weighted by Gasteiger charge is 2.14. The number of hydrogen-bond donors (Lipinski definition) is 2.